The summed E-state index contributed by atoms with van der Waals surface area (Å²) >= 11 is 0. The van der Waals surface area contributed by atoms with E-state index in [0.29, 0.717) is 52.6 Å². The Kier molecular flexibility index (Phi) is 39.4. The van der Waals surface area contributed by atoms with Crippen LogP contribution >= 0.6 is 21.6 Å². The number of phenolic OH excluding ortho intramolecular Hbond substituents is 3. The van der Waals surface area contributed by atoms with Gasteiger partial charge in [-0.2, -0.15) is 0 Å². The fourth-order valence-corrected chi connectivity index (χ4v) is 20.5. The van der Waals surface area contributed by atoms with Crippen molar-refractivity contribution >= 4 is 122 Å². The zero-order chi connectivity index (χ0) is 102. The number of carbonyl (C=O) groups is 17. The monoisotopic (exact) mass is 1980 g/mol. The summed E-state index contributed by atoms with van der Waals surface area (Å²) in [6.07, 6.45) is -0.588. The maximum Gasteiger partial charge on any atom is 0.326 e. The van der Waals surface area contributed by atoms with Crippen molar-refractivity contribution in [1.82, 2.24) is 78.1 Å². The zero-order valence-corrected chi connectivity index (χ0v) is 81.4. The van der Waals surface area contributed by atoms with E-state index < -0.39 is 233 Å². The van der Waals surface area contributed by atoms with Gasteiger partial charge >= 0.3 is 5.97 Å². The SMILES string of the molecule is CC(C)C[C@H](NC(=O)[C@@H]1CSSC[C@H](NC(=O)[C@@H](N)Cc2ccc(O)cc2)C(=O)N[C@@H](Cc2ccc(O)cc2)C(=O)N2CCC[C@H]2C(=O)N[C@@H](C(C)C)C(=O)N2CCC[C@H]2C(=O)N[C@@H](Cc2ccc(O)cc2)C(=O)N2CCC[C@H]2C(=O)N2CCC[C@H]2C(=O)N[C@@H](Cc2ccccc2)C(=O)N[C@@H](Cc2ccccc2)C(=O)N[C@@H](CC(C)C)C(=O)N1)C(=O)N[C@@H](Cc1ccccc1)C(=O)N[C@@H](CC(N)=O)C(=O)O. The molecule has 19 N–H and O–H groups in total. The summed E-state index contributed by atoms with van der Waals surface area (Å²) in [5.74, 6) is -17.9. The van der Waals surface area contributed by atoms with E-state index in [1.807, 2.05) is 0 Å². The highest BCUT2D eigenvalue weighted by Crippen LogP contribution is 2.31. The van der Waals surface area contributed by atoms with Gasteiger partial charge in [-0.3, -0.25) is 76.7 Å². The summed E-state index contributed by atoms with van der Waals surface area (Å²) in [6, 6.07) is 19.6. The van der Waals surface area contributed by atoms with Crippen LogP contribution in [0.3, 0.4) is 0 Å². The summed E-state index contributed by atoms with van der Waals surface area (Å²) < 4.78 is 0. The summed E-state index contributed by atoms with van der Waals surface area (Å²) in [5.41, 5.74) is 15.0. The van der Waals surface area contributed by atoms with Gasteiger partial charge in [-0.15, -0.1) is 0 Å². The van der Waals surface area contributed by atoms with Crippen molar-refractivity contribution in [2.45, 2.75) is 247 Å². The second-order valence-electron chi connectivity index (χ2n) is 37.7. The van der Waals surface area contributed by atoms with E-state index in [9.17, 15) is 39.6 Å². The normalized spacial score (nSPS) is 23.5. The van der Waals surface area contributed by atoms with Crippen molar-refractivity contribution in [2.75, 3.05) is 37.7 Å². The van der Waals surface area contributed by atoms with Crippen LogP contribution in [0.4, 0.5) is 0 Å². The molecular weight excluding hydrogens is 1850 g/mol. The highest BCUT2D eigenvalue weighted by Gasteiger charge is 2.48. The minimum absolute atomic E-state index is 0.0408. The van der Waals surface area contributed by atoms with Gasteiger partial charge < -0.3 is 110 Å². The number of hydrogen-bond acceptors (Lipinski definition) is 23. The summed E-state index contributed by atoms with van der Waals surface area (Å²) in [4.78, 5) is 259. The van der Waals surface area contributed by atoms with E-state index in [1.165, 1.54) is 80.3 Å². The molecule has 38 nitrogen and oxygen atoms in total. The third-order valence-corrected chi connectivity index (χ3v) is 28.0. The average molecular weight is 1980 g/mol. The predicted octanol–water partition coefficient (Wildman–Crippen LogP) is 2.29. The van der Waals surface area contributed by atoms with E-state index in [2.05, 4.69) is 58.5 Å². The molecule has 5 saturated heterocycles. The zero-order valence-electron chi connectivity index (χ0n) is 79.8. The second-order valence-corrected chi connectivity index (χ2v) is 40.3. The molecule has 141 heavy (non-hydrogen) atoms. The van der Waals surface area contributed by atoms with Crippen LogP contribution in [0.5, 0.6) is 17.2 Å². The molecule has 5 aliphatic rings. The van der Waals surface area contributed by atoms with Crippen molar-refractivity contribution in [3.63, 3.8) is 0 Å². The number of phenols is 3. The van der Waals surface area contributed by atoms with Crippen molar-refractivity contribution in [2.24, 2.45) is 29.2 Å². The van der Waals surface area contributed by atoms with E-state index >= 15 is 62.3 Å². The summed E-state index contributed by atoms with van der Waals surface area (Å²) in [7, 11) is 1.75. The highest BCUT2D eigenvalue weighted by molar-refractivity contribution is 8.76. The molecule has 5 heterocycles. The number of nitrogens with two attached hydrogens (primary N) is 2. The molecule has 16 amide bonds. The molecule has 756 valence electrons. The molecule has 0 saturated carbocycles. The van der Waals surface area contributed by atoms with Gasteiger partial charge in [0.25, 0.3) is 0 Å². The van der Waals surface area contributed by atoms with Gasteiger partial charge in [0.05, 0.1) is 12.5 Å². The molecule has 0 spiro atoms. The smallest absolute Gasteiger partial charge is 0.326 e. The molecule has 0 bridgehead atoms. The number of fused-ring (bicyclic) bond motifs is 4. The Morgan fingerprint density at radius 1 is 0.390 bits per heavy atom. The number of hydrogen-bond donors (Lipinski definition) is 17. The molecule has 40 heteroatoms. The number of rotatable bonds is 28. The number of benzene rings is 6. The molecule has 5 aliphatic heterocycles. The molecule has 6 aromatic rings. The van der Waals surface area contributed by atoms with Gasteiger partial charge in [-0.25, -0.2) is 4.79 Å². The minimum atomic E-state index is -1.83. The Bertz CT molecular complexity index is 5400. The molecule has 0 aromatic heterocycles. The van der Waals surface area contributed by atoms with Gasteiger partial charge in [0.1, 0.15) is 108 Å². The molecule has 0 radical (unpaired) electrons. The van der Waals surface area contributed by atoms with Crippen LogP contribution in [0.2, 0.25) is 0 Å². The maximum absolute atomic E-state index is 15.7. The fraction of sp³-hybridized carbons (Fsp3) is 0.475. The predicted molar refractivity (Wildman–Crippen MR) is 524 cm³/mol. The van der Waals surface area contributed by atoms with Crippen molar-refractivity contribution < 1.29 is 102 Å². The van der Waals surface area contributed by atoms with Gasteiger partial charge in [-0.05, 0) is 158 Å². The summed E-state index contributed by atoms with van der Waals surface area (Å²) in [5, 5.41) is 71.6. The van der Waals surface area contributed by atoms with Crippen LogP contribution in [0.1, 0.15) is 146 Å². The van der Waals surface area contributed by atoms with Gasteiger partial charge in [0, 0.05) is 69.8 Å². The Labute approximate surface area is 826 Å². The van der Waals surface area contributed by atoms with E-state index in [0.717, 1.165) is 21.6 Å². The molecule has 0 unspecified atom stereocenters. The average Bonchev–Trinajstić information content (AvgIpc) is 1.49. The van der Waals surface area contributed by atoms with Crippen LogP contribution in [0.25, 0.3) is 0 Å². The molecule has 0 aliphatic carbocycles. The Hall–Kier alpha value is -13.6. The number of primary amides is 1. The summed E-state index contributed by atoms with van der Waals surface area (Å²) in [6.45, 7) is 10.4. The number of aromatic hydroxyl groups is 3. The lowest BCUT2D eigenvalue weighted by Gasteiger charge is -2.35. The van der Waals surface area contributed by atoms with Crippen LogP contribution in [-0.2, 0) is 120 Å². The number of carboxylic acid groups (broad SMARTS) is 1. The van der Waals surface area contributed by atoms with E-state index in [-0.39, 0.29) is 127 Å². The Morgan fingerprint density at radius 2 is 0.766 bits per heavy atom. The minimum Gasteiger partial charge on any atom is -0.508 e. The molecule has 16 atom stereocenters. The number of carbonyl (C=O) groups excluding carboxylic acids is 16. The molecule has 11 rings (SSSR count). The lowest BCUT2D eigenvalue weighted by molar-refractivity contribution is -0.148. The largest absolute Gasteiger partial charge is 0.508 e. The second kappa shape index (κ2) is 51.5. The molecular formula is C101H129N17O21S2. The van der Waals surface area contributed by atoms with Crippen LogP contribution in [-0.4, -0.2) is 275 Å². The van der Waals surface area contributed by atoms with Gasteiger partial charge in [0.2, 0.25) is 94.5 Å². The number of nitrogens with zero attached hydrogens (tertiary/aromatic N) is 4. The van der Waals surface area contributed by atoms with E-state index in [1.54, 1.807) is 145 Å². The van der Waals surface area contributed by atoms with Crippen molar-refractivity contribution in [3.8, 4) is 17.2 Å². The number of amides is 16. The number of carboxylic acids is 1. The first-order valence-electron chi connectivity index (χ1n) is 47.9. The standard InChI is InChI=1S/C101H129N17O21S2/c1-57(2)46-70(87(124)106-73(50-61-22-12-8-13-23-61)91(128)111-77(101(138)139)54-84(103)122)105-92(129)79-56-141-140-55-78(112-86(123)69(102)48-63-30-36-66(119)37-31-63)93(130)109-75(52-64-32-38-67(120)39-33-64)97(134)115-42-16-28-82(115)96(133)114-85(59(5)6)100(137)117-44-18-27-81(117)95(132)110-76(53-65-34-40-68(121)41-35-65)98(135)118-45-19-29-83(118)99(136)116-43-17-26-80(116)94(131)108-74(51-62-24-14-9-15-25-62)90(127)107-72(49-60-20-10-7-11-21-60)89(126)104-71(47-58(3)4)88(125)113-79/h7-15,20-25,30-41,57-59,69-83,85,119-121H,16-19,26-29,42-56,102H2,1-6H3,(H2,103,122)(H,104,126)(H,105,129)(H,106,124)(H,107,127)(H,108,131)(H,109,130)(H,110,132)(H,111,128)(H,112,123)(H,113,125)(H,114,133)(H,138,139)/t69-,70-,71-,72-,73-,74-,75-,76-,77-,78-,79-,80-,81-,82-,83-,85-/m0/s1. The van der Waals surface area contributed by atoms with Crippen LogP contribution in [0, 0.1) is 17.8 Å². The Morgan fingerprint density at radius 3 is 1.23 bits per heavy atom. The van der Waals surface area contributed by atoms with Crippen molar-refractivity contribution in [3.05, 3.63) is 197 Å². The highest BCUT2D eigenvalue weighted by atomic mass is 33.1. The van der Waals surface area contributed by atoms with Crippen LogP contribution in [0.15, 0.2) is 164 Å². The van der Waals surface area contributed by atoms with E-state index in [4.69, 9.17) is 11.5 Å². The van der Waals surface area contributed by atoms with Gasteiger partial charge in [0.15, 0.2) is 0 Å². The fourth-order valence-electron chi connectivity index (χ4n) is 18.1. The molecule has 5 fully saturated rings. The number of nitrogens with one attached hydrogen (secondary N) is 11. The van der Waals surface area contributed by atoms with Crippen molar-refractivity contribution in [1.29, 1.82) is 0 Å². The first kappa shape index (κ1) is 108. The molecule has 6 aromatic carbocycles. The lowest BCUT2D eigenvalue weighted by atomic mass is 9.99. The third kappa shape index (κ3) is 30.9. The quantitative estimate of drug-likeness (QED) is 0.0313. The maximum atomic E-state index is 15.7. The third-order valence-electron chi connectivity index (χ3n) is 25.5. The van der Waals surface area contributed by atoms with Gasteiger partial charge in [-0.1, -0.05) is 191 Å². The Balaban J connectivity index is 0.981. The lowest BCUT2D eigenvalue weighted by Crippen LogP contribution is -2.61. The van der Waals surface area contributed by atoms with Crippen LogP contribution < -0.4 is 70.0 Å². The number of aliphatic carboxylic acids is 1. The first-order chi connectivity index (χ1) is 67.3. The first-order valence-corrected chi connectivity index (χ1v) is 50.4. The topological polar surface area (TPSA) is 568 Å².